The molecule has 3 N–H and O–H groups in total. The summed E-state index contributed by atoms with van der Waals surface area (Å²) < 4.78 is 0. The molecule has 0 fully saturated rings. The third-order valence-corrected chi connectivity index (χ3v) is 2.63. The van der Waals surface area contributed by atoms with Gasteiger partial charge in [0.15, 0.2) is 6.17 Å². The third-order valence-electron chi connectivity index (χ3n) is 2.63. The average Bonchev–Trinajstić information content (AvgIpc) is 3.00. The van der Waals surface area contributed by atoms with E-state index in [1.54, 1.807) is 6.21 Å². The van der Waals surface area contributed by atoms with Gasteiger partial charge < -0.3 is 5.32 Å². The zero-order chi connectivity index (χ0) is 10.4. The highest BCUT2D eigenvalue weighted by molar-refractivity contribution is 5.87. The van der Waals surface area contributed by atoms with E-state index in [2.05, 4.69) is 10.3 Å². The summed E-state index contributed by atoms with van der Waals surface area (Å²) in [6, 6.07) is 0. The first-order valence-corrected chi connectivity index (χ1v) is 4.74. The number of hydrogen-bond acceptors (Lipinski definition) is 4. The molecule has 1 amide bonds. The topological polar surface area (TPSA) is 70.7 Å². The van der Waals surface area contributed by atoms with E-state index in [4.69, 9.17) is 5.84 Å². The quantitative estimate of drug-likeness (QED) is 0.278. The molecule has 3 rings (SSSR count). The largest absolute Gasteiger partial charge is 0.361 e. The minimum atomic E-state index is -0.374. The van der Waals surface area contributed by atoms with Crippen molar-refractivity contribution in [1.82, 2.24) is 10.3 Å². The molecule has 1 atom stereocenters. The molecule has 0 bridgehead atoms. The number of hydrazine groups is 1. The molecule has 0 saturated carbocycles. The first kappa shape index (κ1) is 8.43. The van der Waals surface area contributed by atoms with E-state index < -0.39 is 0 Å². The summed E-state index contributed by atoms with van der Waals surface area (Å²) >= 11 is 0. The lowest BCUT2D eigenvalue weighted by Gasteiger charge is -2.33. The van der Waals surface area contributed by atoms with E-state index in [9.17, 15) is 4.79 Å². The zero-order valence-corrected chi connectivity index (χ0v) is 7.92. The van der Waals surface area contributed by atoms with Crippen molar-refractivity contribution in [2.45, 2.75) is 6.17 Å². The molecule has 0 aromatic rings. The van der Waals surface area contributed by atoms with E-state index in [0.717, 1.165) is 11.3 Å². The molecule has 0 aromatic carbocycles. The van der Waals surface area contributed by atoms with E-state index in [1.165, 1.54) is 5.01 Å². The van der Waals surface area contributed by atoms with Gasteiger partial charge in [-0.2, -0.15) is 0 Å². The molecule has 0 spiro atoms. The molecule has 3 aliphatic rings. The van der Waals surface area contributed by atoms with E-state index in [1.807, 2.05) is 24.4 Å². The number of fused-ring (bicyclic) bond motifs is 1. The third kappa shape index (κ3) is 1.20. The van der Waals surface area contributed by atoms with Gasteiger partial charge in [-0.1, -0.05) is 12.2 Å². The van der Waals surface area contributed by atoms with Gasteiger partial charge in [0.05, 0.1) is 5.92 Å². The van der Waals surface area contributed by atoms with Crippen molar-refractivity contribution in [1.29, 1.82) is 0 Å². The Balaban J connectivity index is 1.79. The Hall–Kier alpha value is -1.88. The second kappa shape index (κ2) is 2.80. The number of aliphatic imine (C=N–C) groups is 1. The van der Waals surface area contributed by atoms with Gasteiger partial charge in [0.2, 0.25) is 5.91 Å². The number of allylic oxidation sites excluding steroid dienone is 1. The van der Waals surface area contributed by atoms with Crippen LogP contribution in [0, 0.1) is 5.92 Å². The lowest BCUT2D eigenvalue weighted by Crippen LogP contribution is -2.50. The summed E-state index contributed by atoms with van der Waals surface area (Å²) in [5.41, 5.74) is 1.95. The fraction of sp³-hybridized carbons (Fsp3) is 0.200. The van der Waals surface area contributed by atoms with Crippen molar-refractivity contribution in [3.05, 3.63) is 35.7 Å². The van der Waals surface area contributed by atoms with E-state index in [-0.39, 0.29) is 18.0 Å². The molecule has 1 aliphatic carbocycles. The predicted octanol–water partition coefficient (Wildman–Crippen LogP) is -0.344. The number of nitrogens with zero attached hydrogens (tertiary/aromatic N) is 2. The molecule has 0 radical (unpaired) electrons. The molecule has 0 saturated heterocycles. The van der Waals surface area contributed by atoms with Crippen LogP contribution in [-0.4, -0.2) is 23.3 Å². The van der Waals surface area contributed by atoms with E-state index >= 15 is 0 Å². The van der Waals surface area contributed by atoms with Crippen molar-refractivity contribution >= 4 is 12.1 Å². The number of nitrogens with one attached hydrogen (secondary N) is 1. The Morgan fingerprint density at radius 2 is 2.33 bits per heavy atom. The Morgan fingerprint density at radius 1 is 1.53 bits per heavy atom. The second-order valence-electron chi connectivity index (χ2n) is 3.65. The molecular formula is C10H10N4O. The number of rotatable bonds is 2. The average molecular weight is 202 g/mol. The van der Waals surface area contributed by atoms with Crippen LogP contribution in [0.15, 0.2) is 40.7 Å². The first-order chi connectivity index (χ1) is 7.27. The minimum Gasteiger partial charge on any atom is -0.361 e. The van der Waals surface area contributed by atoms with Gasteiger partial charge in [0.25, 0.3) is 0 Å². The van der Waals surface area contributed by atoms with Gasteiger partial charge in [0, 0.05) is 23.7 Å². The Bertz CT molecular complexity index is 440. The number of amides is 1. The van der Waals surface area contributed by atoms with Gasteiger partial charge in [-0.3, -0.25) is 14.8 Å². The van der Waals surface area contributed by atoms with Crippen LogP contribution in [0.5, 0.6) is 0 Å². The van der Waals surface area contributed by atoms with Crippen molar-refractivity contribution in [2.24, 2.45) is 16.8 Å². The number of hydrogen-bond donors (Lipinski definition) is 2. The van der Waals surface area contributed by atoms with Crippen LogP contribution in [-0.2, 0) is 4.79 Å². The fourth-order valence-corrected chi connectivity index (χ4v) is 1.61. The van der Waals surface area contributed by atoms with Gasteiger partial charge in [-0.25, -0.2) is 5.84 Å². The van der Waals surface area contributed by atoms with Gasteiger partial charge >= 0.3 is 0 Å². The summed E-state index contributed by atoms with van der Waals surface area (Å²) in [6.45, 7) is 0. The van der Waals surface area contributed by atoms with Gasteiger partial charge in [-0.15, -0.1) is 0 Å². The van der Waals surface area contributed by atoms with Crippen LogP contribution in [0.3, 0.4) is 0 Å². The minimum absolute atomic E-state index is 0.105. The lowest BCUT2D eigenvalue weighted by molar-refractivity contribution is -0.133. The van der Waals surface area contributed by atoms with Crippen LogP contribution < -0.4 is 11.2 Å². The van der Waals surface area contributed by atoms with Crippen LogP contribution in [0.1, 0.15) is 0 Å². The molecule has 1 unspecified atom stereocenters. The van der Waals surface area contributed by atoms with Crippen LogP contribution >= 0.6 is 0 Å². The first-order valence-electron chi connectivity index (χ1n) is 4.74. The normalized spacial score (nSPS) is 25.8. The highest BCUT2D eigenvalue weighted by Gasteiger charge is 2.34. The lowest BCUT2D eigenvalue weighted by atomic mass is 10.0. The molecule has 2 aliphatic heterocycles. The Kier molecular flexibility index (Phi) is 1.58. The standard InChI is InChI=1S/C10H10N4O/c11-14(10(15)6-1-2-6)9-7-5-13-8(7)3-4-12-9/h1-6,9,13H,11H2. The fourth-order valence-electron chi connectivity index (χ4n) is 1.61. The molecule has 2 heterocycles. The second-order valence-corrected chi connectivity index (χ2v) is 3.65. The SMILES string of the molecule is NN(C(=O)C1C=C1)C1N=CC=C2NC=C21. The molecule has 5 heteroatoms. The molecule has 15 heavy (non-hydrogen) atoms. The predicted molar refractivity (Wildman–Crippen MR) is 55.2 cm³/mol. The molecule has 0 aromatic heterocycles. The van der Waals surface area contributed by atoms with Gasteiger partial charge in [-0.05, 0) is 6.08 Å². The summed E-state index contributed by atoms with van der Waals surface area (Å²) in [7, 11) is 0. The van der Waals surface area contributed by atoms with Crippen molar-refractivity contribution in [3.63, 3.8) is 0 Å². The smallest absolute Gasteiger partial charge is 0.249 e. The Morgan fingerprint density at radius 3 is 2.93 bits per heavy atom. The maximum Gasteiger partial charge on any atom is 0.249 e. The monoisotopic (exact) mass is 202 g/mol. The van der Waals surface area contributed by atoms with Crippen molar-refractivity contribution in [3.8, 4) is 0 Å². The highest BCUT2D eigenvalue weighted by atomic mass is 16.2. The number of nitrogens with two attached hydrogens (primary N) is 1. The van der Waals surface area contributed by atoms with E-state index in [0.29, 0.717) is 0 Å². The van der Waals surface area contributed by atoms with Crippen LogP contribution in [0.4, 0.5) is 0 Å². The highest BCUT2D eigenvalue weighted by Crippen LogP contribution is 2.27. The zero-order valence-electron chi connectivity index (χ0n) is 7.92. The molecule has 76 valence electrons. The maximum atomic E-state index is 11.7. The summed E-state index contributed by atoms with van der Waals surface area (Å²) in [6.07, 6.45) is 8.61. The number of dihydropyridines is 1. The molecule has 5 nitrogen and oxygen atoms in total. The van der Waals surface area contributed by atoms with Crippen molar-refractivity contribution < 1.29 is 4.79 Å². The van der Waals surface area contributed by atoms with Gasteiger partial charge in [0.1, 0.15) is 0 Å². The maximum absolute atomic E-state index is 11.7. The van der Waals surface area contributed by atoms with Crippen LogP contribution in [0.25, 0.3) is 0 Å². The molecular weight excluding hydrogens is 192 g/mol. The van der Waals surface area contributed by atoms with Crippen LogP contribution in [0.2, 0.25) is 0 Å². The summed E-state index contributed by atoms with van der Waals surface area (Å²) in [5.74, 6) is 5.53. The number of carbonyl (C=O) groups is 1. The van der Waals surface area contributed by atoms with Crippen molar-refractivity contribution in [2.75, 3.05) is 0 Å². The number of carbonyl (C=O) groups excluding carboxylic acids is 1. The Labute approximate surface area is 86.6 Å². The summed E-state index contributed by atoms with van der Waals surface area (Å²) in [5, 5.41) is 4.21. The summed E-state index contributed by atoms with van der Waals surface area (Å²) in [4.78, 5) is 15.9.